The molecular weight excluding hydrogens is 370 g/mol. The van der Waals surface area contributed by atoms with Gasteiger partial charge in [-0.2, -0.15) is 0 Å². The summed E-state index contributed by atoms with van der Waals surface area (Å²) in [5.74, 6) is -1.87. The zero-order valence-electron chi connectivity index (χ0n) is 15.1. The Labute approximate surface area is 159 Å². The molecule has 0 bridgehead atoms. The third-order valence-corrected chi connectivity index (χ3v) is 3.50. The average Bonchev–Trinajstić information content (AvgIpc) is 2.67. The molecule has 0 atom stereocenters. The maximum atomic E-state index is 12.5. The van der Waals surface area contributed by atoms with Crippen molar-refractivity contribution in [2.24, 2.45) is 0 Å². The Hall–Kier alpha value is -3.69. The Morgan fingerprint density at radius 1 is 1.04 bits per heavy atom. The van der Waals surface area contributed by atoms with E-state index >= 15 is 0 Å². The van der Waals surface area contributed by atoms with E-state index in [1.54, 1.807) is 6.92 Å². The zero-order chi connectivity index (χ0) is 20.5. The van der Waals surface area contributed by atoms with Gasteiger partial charge in [0.1, 0.15) is 6.54 Å². The van der Waals surface area contributed by atoms with E-state index in [-0.39, 0.29) is 13.2 Å². The number of carbonyl (C=O) groups excluding carboxylic acids is 3. The Bertz CT molecular complexity index is 963. The minimum absolute atomic E-state index is 0.0745. The molecule has 0 saturated heterocycles. The van der Waals surface area contributed by atoms with Gasteiger partial charge in [-0.3, -0.25) is 24.3 Å². The van der Waals surface area contributed by atoms with Gasteiger partial charge >= 0.3 is 17.8 Å². The Kier molecular flexibility index (Phi) is 7.26. The van der Waals surface area contributed by atoms with E-state index in [9.17, 15) is 24.0 Å². The van der Waals surface area contributed by atoms with Crippen molar-refractivity contribution >= 4 is 18.0 Å². The second kappa shape index (κ2) is 9.86. The molecule has 0 unspecified atom stereocenters. The first-order valence-corrected chi connectivity index (χ1v) is 8.37. The minimum Gasteiger partial charge on any atom is -0.454 e. The number of imide groups is 1. The van der Waals surface area contributed by atoms with Crippen LogP contribution in [0.4, 0.5) is 4.79 Å². The second-order valence-electron chi connectivity index (χ2n) is 5.57. The third kappa shape index (κ3) is 5.94. The molecule has 1 N–H and O–H groups in total. The molecule has 2 aromatic rings. The summed E-state index contributed by atoms with van der Waals surface area (Å²) in [5.41, 5.74) is -0.528. The van der Waals surface area contributed by atoms with E-state index in [0.717, 1.165) is 11.6 Å². The monoisotopic (exact) mass is 389 g/mol. The molecule has 2 rings (SSSR count). The van der Waals surface area contributed by atoms with Crippen molar-refractivity contribution in [2.75, 3.05) is 13.2 Å². The van der Waals surface area contributed by atoms with Crippen molar-refractivity contribution in [3.05, 3.63) is 69.0 Å². The average molecular weight is 389 g/mol. The van der Waals surface area contributed by atoms with E-state index in [4.69, 9.17) is 0 Å². The smallest absolute Gasteiger partial charge is 0.413 e. The van der Waals surface area contributed by atoms with Crippen LogP contribution in [-0.2, 0) is 32.2 Å². The number of aromatic nitrogens is 2. The third-order valence-electron chi connectivity index (χ3n) is 3.50. The summed E-state index contributed by atoms with van der Waals surface area (Å²) < 4.78 is 11.2. The number of benzene rings is 1. The number of alkyl carbamates (subject to hydrolysis) is 1. The van der Waals surface area contributed by atoms with Crippen LogP contribution in [0.5, 0.6) is 0 Å². The number of carbonyl (C=O) groups is 3. The molecule has 1 aromatic carbocycles. The molecular formula is C18H19N3O7. The molecule has 0 radical (unpaired) electrons. The molecule has 148 valence electrons. The number of ether oxygens (including phenoxy) is 2. The maximum absolute atomic E-state index is 12.5. The molecule has 10 heteroatoms. The quantitative estimate of drug-likeness (QED) is 0.654. The van der Waals surface area contributed by atoms with Crippen LogP contribution >= 0.6 is 0 Å². The first kappa shape index (κ1) is 20.6. The molecule has 2 amide bonds. The molecule has 10 nitrogen and oxygen atoms in total. The first-order chi connectivity index (χ1) is 13.4. The van der Waals surface area contributed by atoms with Gasteiger partial charge in [0.05, 0.1) is 13.2 Å². The number of hydrogen-bond acceptors (Lipinski definition) is 7. The summed E-state index contributed by atoms with van der Waals surface area (Å²) in [5, 5.41) is 1.85. The molecule has 0 spiro atoms. The fourth-order valence-corrected chi connectivity index (χ4v) is 2.24. The van der Waals surface area contributed by atoms with Crippen molar-refractivity contribution < 1.29 is 23.9 Å². The topological polar surface area (TPSA) is 126 Å². The second-order valence-corrected chi connectivity index (χ2v) is 5.57. The van der Waals surface area contributed by atoms with Crippen LogP contribution in [-0.4, -0.2) is 40.3 Å². The lowest BCUT2D eigenvalue weighted by Crippen LogP contribution is -2.41. The van der Waals surface area contributed by atoms with Crippen molar-refractivity contribution in [2.45, 2.75) is 20.0 Å². The highest BCUT2D eigenvalue weighted by Gasteiger charge is 2.14. The van der Waals surface area contributed by atoms with Gasteiger partial charge in [0.15, 0.2) is 6.61 Å². The number of nitrogens with one attached hydrogen (secondary N) is 1. The fourth-order valence-electron chi connectivity index (χ4n) is 2.24. The minimum atomic E-state index is -0.976. The number of nitrogens with zero attached hydrogens (tertiary/aromatic N) is 2. The molecule has 0 saturated carbocycles. The standard InChI is InChI=1S/C18H19N3O7/c1-2-27-17(25)19-14(22)12-28-16(24)11-21-15(23)8-9-20(18(21)26)10-13-6-4-3-5-7-13/h3-9H,2,10-12H2,1H3,(H,19,22,25). The number of rotatable bonds is 7. The predicted molar refractivity (Wildman–Crippen MR) is 96.6 cm³/mol. The molecule has 0 fully saturated rings. The summed E-state index contributed by atoms with van der Waals surface area (Å²) in [4.78, 5) is 58.8. The molecule has 1 aromatic heterocycles. The van der Waals surface area contributed by atoms with Crippen LogP contribution in [0, 0.1) is 0 Å². The van der Waals surface area contributed by atoms with Crippen LogP contribution in [0.15, 0.2) is 52.2 Å². The Morgan fingerprint density at radius 2 is 1.75 bits per heavy atom. The van der Waals surface area contributed by atoms with Gasteiger partial charge in [0.2, 0.25) is 0 Å². The van der Waals surface area contributed by atoms with E-state index in [1.165, 1.54) is 10.8 Å². The lowest BCUT2D eigenvalue weighted by Gasteiger charge is -2.10. The number of amides is 2. The van der Waals surface area contributed by atoms with Gasteiger partial charge in [0.25, 0.3) is 11.5 Å². The van der Waals surface area contributed by atoms with E-state index in [1.807, 2.05) is 35.6 Å². The summed E-state index contributed by atoms with van der Waals surface area (Å²) in [6.07, 6.45) is 0.373. The van der Waals surface area contributed by atoms with E-state index in [0.29, 0.717) is 4.57 Å². The Morgan fingerprint density at radius 3 is 2.43 bits per heavy atom. The van der Waals surface area contributed by atoms with Crippen LogP contribution in [0.25, 0.3) is 0 Å². The van der Waals surface area contributed by atoms with Gasteiger partial charge in [-0.25, -0.2) is 14.2 Å². The van der Waals surface area contributed by atoms with Gasteiger partial charge < -0.3 is 9.47 Å². The lowest BCUT2D eigenvalue weighted by molar-refractivity contribution is -0.149. The lowest BCUT2D eigenvalue weighted by atomic mass is 10.2. The zero-order valence-corrected chi connectivity index (χ0v) is 15.1. The van der Waals surface area contributed by atoms with Crippen molar-refractivity contribution in [3.8, 4) is 0 Å². The van der Waals surface area contributed by atoms with Crippen LogP contribution < -0.4 is 16.6 Å². The van der Waals surface area contributed by atoms with E-state index in [2.05, 4.69) is 9.47 Å². The first-order valence-electron chi connectivity index (χ1n) is 8.37. The van der Waals surface area contributed by atoms with Gasteiger partial charge in [0, 0.05) is 12.3 Å². The van der Waals surface area contributed by atoms with Crippen LogP contribution in [0.3, 0.4) is 0 Å². The van der Waals surface area contributed by atoms with Crippen molar-refractivity contribution in [3.63, 3.8) is 0 Å². The molecule has 0 aliphatic heterocycles. The highest BCUT2D eigenvalue weighted by Crippen LogP contribution is 1.99. The fraction of sp³-hybridized carbons (Fsp3) is 0.278. The summed E-state index contributed by atoms with van der Waals surface area (Å²) in [6.45, 7) is 0.436. The summed E-state index contributed by atoms with van der Waals surface area (Å²) in [7, 11) is 0. The highest BCUT2D eigenvalue weighted by molar-refractivity contribution is 5.93. The van der Waals surface area contributed by atoms with Gasteiger partial charge in [-0.15, -0.1) is 0 Å². The molecule has 1 heterocycles. The summed E-state index contributed by atoms with van der Waals surface area (Å²) >= 11 is 0. The SMILES string of the molecule is CCOC(=O)NC(=O)COC(=O)Cn1c(=O)ccn(Cc2ccccc2)c1=O. The number of hydrogen-bond donors (Lipinski definition) is 1. The molecule has 0 aliphatic carbocycles. The maximum Gasteiger partial charge on any atom is 0.413 e. The van der Waals surface area contributed by atoms with Crippen LogP contribution in [0.2, 0.25) is 0 Å². The van der Waals surface area contributed by atoms with Crippen LogP contribution in [0.1, 0.15) is 12.5 Å². The summed E-state index contributed by atoms with van der Waals surface area (Å²) in [6, 6.07) is 10.3. The van der Waals surface area contributed by atoms with Crippen molar-refractivity contribution in [1.82, 2.24) is 14.5 Å². The van der Waals surface area contributed by atoms with Gasteiger partial charge in [-0.1, -0.05) is 30.3 Å². The number of esters is 1. The molecule has 0 aliphatic rings. The van der Waals surface area contributed by atoms with Gasteiger partial charge in [-0.05, 0) is 12.5 Å². The largest absolute Gasteiger partial charge is 0.454 e. The van der Waals surface area contributed by atoms with Crippen molar-refractivity contribution in [1.29, 1.82) is 0 Å². The molecule has 28 heavy (non-hydrogen) atoms. The predicted octanol–water partition coefficient (Wildman–Crippen LogP) is -0.126. The van der Waals surface area contributed by atoms with E-state index < -0.39 is 42.4 Å². The normalized spacial score (nSPS) is 10.2. The highest BCUT2D eigenvalue weighted by atomic mass is 16.6. The Balaban J connectivity index is 2.01.